The molecule has 1 N–H and O–H groups in total. The van der Waals surface area contributed by atoms with E-state index in [1.165, 1.54) is 6.92 Å². The second kappa shape index (κ2) is 5.86. The molecular formula is C12H13F3O3. The lowest BCUT2D eigenvalue weighted by Gasteiger charge is -2.16. The number of halogens is 3. The molecule has 1 aromatic rings. The van der Waals surface area contributed by atoms with E-state index >= 15 is 0 Å². The molecule has 1 rings (SSSR count). The van der Waals surface area contributed by atoms with Crippen molar-refractivity contribution >= 4 is 5.97 Å². The van der Waals surface area contributed by atoms with E-state index < -0.39 is 41.2 Å². The number of hydrogen-bond acceptors (Lipinski definition) is 3. The third-order valence-electron chi connectivity index (χ3n) is 2.54. The first-order valence-corrected chi connectivity index (χ1v) is 5.41. The number of aliphatic hydroxyl groups excluding tert-OH is 1. The van der Waals surface area contributed by atoms with Crippen LogP contribution >= 0.6 is 0 Å². The molecule has 0 radical (unpaired) electrons. The minimum atomic E-state index is -1.70. The number of carbonyl (C=O) groups is 1. The summed E-state index contributed by atoms with van der Waals surface area (Å²) in [5.41, 5.74) is 0. The zero-order valence-electron chi connectivity index (χ0n) is 9.91. The maximum absolute atomic E-state index is 13.2. The standard InChI is InChI=1S/C12H13F3O3/c1-3-7(6(2)16)12(17)18-9-5-4-8(13)10(14)11(9)15/h4-7,16H,3H2,1-2H3. The summed E-state index contributed by atoms with van der Waals surface area (Å²) in [7, 11) is 0. The summed E-state index contributed by atoms with van der Waals surface area (Å²) in [5, 5.41) is 9.30. The Bertz CT molecular complexity index is 446. The fourth-order valence-corrected chi connectivity index (χ4v) is 1.48. The van der Waals surface area contributed by atoms with E-state index in [9.17, 15) is 23.1 Å². The van der Waals surface area contributed by atoms with E-state index in [1.54, 1.807) is 6.92 Å². The Hall–Kier alpha value is -1.56. The van der Waals surface area contributed by atoms with Gasteiger partial charge in [0.15, 0.2) is 17.4 Å². The summed E-state index contributed by atoms with van der Waals surface area (Å²) < 4.78 is 43.4. The van der Waals surface area contributed by atoms with Gasteiger partial charge in [0.2, 0.25) is 5.82 Å². The van der Waals surface area contributed by atoms with Crippen LogP contribution in [0.25, 0.3) is 0 Å². The van der Waals surface area contributed by atoms with Crippen LogP contribution in [0.5, 0.6) is 5.75 Å². The first-order valence-electron chi connectivity index (χ1n) is 5.41. The van der Waals surface area contributed by atoms with E-state index in [-0.39, 0.29) is 6.42 Å². The van der Waals surface area contributed by atoms with Gasteiger partial charge in [-0.25, -0.2) is 8.78 Å². The predicted molar refractivity (Wildman–Crippen MR) is 57.4 cm³/mol. The molecule has 0 aliphatic carbocycles. The SMILES string of the molecule is CCC(C(=O)Oc1ccc(F)c(F)c1F)C(C)O. The normalized spacial score (nSPS) is 14.1. The van der Waals surface area contributed by atoms with Crippen molar-refractivity contribution in [3.05, 3.63) is 29.6 Å². The summed E-state index contributed by atoms with van der Waals surface area (Å²) in [6.07, 6.45) is -0.696. The van der Waals surface area contributed by atoms with E-state index in [2.05, 4.69) is 4.74 Å². The van der Waals surface area contributed by atoms with Crippen molar-refractivity contribution in [2.75, 3.05) is 0 Å². The van der Waals surface area contributed by atoms with Crippen molar-refractivity contribution in [3.8, 4) is 5.75 Å². The molecule has 100 valence electrons. The molecule has 6 heteroatoms. The van der Waals surface area contributed by atoms with Gasteiger partial charge in [-0.05, 0) is 25.5 Å². The first kappa shape index (κ1) is 14.5. The topological polar surface area (TPSA) is 46.5 Å². The molecule has 3 nitrogen and oxygen atoms in total. The van der Waals surface area contributed by atoms with Crippen LogP contribution in [0.15, 0.2) is 12.1 Å². The monoisotopic (exact) mass is 262 g/mol. The van der Waals surface area contributed by atoms with Crippen molar-refractivity contribution in [1.29, 1.82) is 0 Å². The summed E-state index contributed by atoms with van der Waals surface area (Å²) in [6.45, 7) is 3.03. The van der Waals surface area contributed by atoms with Crippen LogP contribution in [0.4, 0.5) is 13.2 Å². The van der Waals surface area contributed by atoms with Gasteiger partial charge in [-0.15, -0.1) is 0 Å². The van der Waals surface area contributed by atoms with Gasteiger partial charge in [-0.2, -0.15) is 4.39 Å². The number of aliphatic hydroxyl groups is 1. The average Bonchev–Trinajstić information content (AvgIpc) is 2.30. The Morgan fingerprint density at radius 3 is 2.44 bits per heavy atom. The molecule has 0 heterocycles. The lowest BCUT2D eigenvalue weighted by Crippen LogP contribution is -2.29. The molecule has 0 aliphatic rings. The number of carbonyl (C=O) groups excluding carboxylic acids is 1. The van der Waals surface area contributed by atoms with E-state index in [4.69, 9.17) is 0 Å². The Morgan fingerprint density at radius 1 is 1.33 bits per heavy atom. The number of esters is 1. The van der Waals surface area contributed by atoms with E-state index in [0.29, 0.717) is 6.07 Å². The van der Waals surface area contributed by atoms with E-state index in [0.717, 1.165) is 6.07 Å². The van der Waals surface area contributed by atoms with Crippen LogP contribution < -0.4 is 4.74 Å². The van der Waals surface area contributed by atoms with Crippen LogP contribution in [0, 0.1) is 23.4 Å². The second-order valence-electron chi connectivity index (χ2n) is 3.85. The Labute approximate surface area is 102 Å². The average molecular weight is 262 g/mol. The molecule has 1 aromatic carbocycles. The number of ether oxygens (including phenoxy) is 1. The third kappa shape index (κ3) is 3.01. The van der Waals surface area contributed by atoms with Crippen molar-refractivity contribution < 1.29 is 27.8 Å². The van der Waals surface area contributed by atoms with Crippen LogP contribution in [0.3, 0.4) is 0 Å². The van der Waals surface area contributed by atoms with Crippen molar-refractivity contribution in [2.24, 2.45) is 5.92 Å². The zero-order valence-corrected chi connectivity index (χ0v) is 9.91. The fraction of sp³-hybridized carbons (Fsp3) is 0.417. The number of rotatable bonds is 4. The Balaban J connectivity index is 2.92. The molecule has 0 saturated carbocycles. The third-order valence-corrected chi connectivity index (χ3v) is 2.54. The molecular weight excluding hydrogens is 249 g/mol. The lowest BCUT2D eigenvalue weighted by molar-refractivity contribution is -0.142. The molecule has 0 bridgehead atoms. The van der Waals surface area contributed by atoms with Gasteiger partial charge in [0.1, 0.15) is 0 Å². The predicted octanol–water partition coefficient (Wildman–Crippen LogP) is 2.42. The second-order valence-corrected chi connectivity index (χ2v) is 3.85. The largest absolute Gasteiger partial charge is 0.423 e. The van der Waals surface area contributed by atoms with Crippen molar-refractivity contribution in [1.82, 2.24) is 0 Å². The molecule has 2 atom stereocenters. The quantitative estimate of drug-likeness (QED) is 0.515. The number of hydrogen-bond donors (Lipinski definition) is 1. The molecule has 2 unspecified atom stereocenters. The highest BCUT2D eigenvalue weighted by molar-refractivity contribution is 5.75. The summed E-state index contributed by atoms with van der Waals surface area (Å²) >= 11 is 0. The minimum Gasteiger partial charge on any atom is -0.423 e. The van der Waals surface area contributed by atoms with E-state index in [1.807, 2.05) is 0 Å². The molecule has 0 aliphatic heterocycles. The number of benzene rings is 1. The van der Waals surface area contributed by atoms with Gasteiger partial charge in [0, 0.05) is 0 Å². The highest BCUT2D eigenvalue weighted by Gasteiger charge is 2.25. The van der Waals surface area contributed by atoms with Crippen molar-refractivity contribution in [3.63, 3.8) is 0 Å². The molecule has 0 saturated heterocycles. The zero-order chi connectivity index (χ0) is 13.9. The lowest BCUT2D eigenvalue weighted by atomic mass is 10.0. The maximum atomic E-state index is 13.2. The van der Waals surface area contributed by atoms with Crippen LogP contribution in [-0.2, 0) is 4.79 Å². The van der Waals surface area contributed by atoms with Gasteiger partial charge in [0.05, 0.1) is 12.0 Å². The van der Waals surface area contributed by atoms with Gasteiger partial charge >= 0.3 is 5.97 Å². The molecule has 18 heavy (non-hydrogen) atoms. The summed E-state index contributed by atoms with van der Waals surface area (Å²) in [4.78, 5) is 11.6. The minimum absolute atomic E-state index is 0.280. The highest BCUT2D eigenvalue weighted by atomic mass is 19.2. The highest BCUT2D eigenvalue weighted by Crippen LogP contribution is 2.23. The van der Waals surface area contributed by atoms with Crippen LogP contribution in [-0.4, -0.2) is 17.2 Å². The molecule has 0 amide bonds. The molecule has 0 fully saturated rings. The first-order chi connectivity index (χ1) is 8.38. The van der Waals surface area contributed by atoms with Crippen LogP contribution in [0.1, 0.15) is 20.3 Å². The maximum Gasteiger partial charge on any atom is 0.317 e. The smallest absolute Gasteiger partial charge is 0.317 e. The molecule has 0 spiro atoms. The molecule has 0 aromatic heterocycles. The van der Waals surface area contributed by atoms with Gasteiger partial charge < -0.3 is 9.84 Å². The summed E-state index contributed by atoms with van der Waals surface area (Å²) in [5.74, 6) is -7.07. The van der Waals surface area contributed by atoms with Crippen molar-refractivity contribution in [2.45, 2.75) is 26.4 Å². The summed E-state index contributed by atoms with van der Waals surface area (Å²) in [6, 6.07) is 1.48. The van der Waals surface area contributed by atoms with Crippen LogP contribution in [0.2, 0.25) is 0 Å². The van der Waals surface area contributed by atoms with Gasteiger partial charge in [0.25, 0.3) is 0 Å². The fourth-order valence-electron chi connectivity index (χ4n) is 1.48. The van der Waals surface area contributed by atoms with Gasteiger partial charge in [-0.3, -0.25) is 4.79 Å². The Morgan fingerprint density at radius 2 is 1.94 bits per heavy atom. The van der Waals surface area contributed by atoms with Gasteiger partial charge in [-0.1, -0.05) is 6.92 Å². The Kier molecular flexibility index (Phi) is 4.72.